The van der Waals surface area contributed by atoms with E-state index >= 15 is 0 Å². The second kappa shape index (κ2) is 7.62. The third-order valence-corrected chi connectivity index (χ3v) is 4.82. The van der Waals surface area contributed by atoms with Crippen molar-refractivity contribution in [2.75, 3.05) is 5.32 Å². The number of carbonyl (C=O) groups is 1. The molecule has 0 aliphatic heterocycles. The topological polar surface area (TPSA) is 72.9 Å². The monoisotopic (exact) mass is 326 g/mol. The molecule has 1 atom stereocenters. The molecule has 5 heteroatoms. The van der Waals surface area contributed by atoms with Gasteiger partial charge in [-0.1, -0.05) is 49.6 Å². The highest BCUT2D eigenvalue weighted by Crippen LogP contribution is 2.32. The van der Waals surface area contributed by atoms with E-state index in [0.29, 0.717) is 5.92 Å². The summed E-state index contributed by atoms with van der Waals surface area (Å²) < 4.78 is 1.76. The molecule has 1 saturated carbocycles. The molecule has 3 rings (SSSR count). The molecule has 1 aromatic heterocycles. The van der Waals surface area contributed by atoms with E-state index < -0.39 is 0 Å². The molecule has 1 heterocycles. The van der Waals surface area contributed by atoms with E-state index in [1.54, 1.807) is 4.68 Å². The number of amides is 1. The number of hydrogen-bond acceptors (Lipinski definition) is 3. The number of carbonyl (C=O) groups excluding carboxylic acids is 1. The fourth-order valence-corrected chi connectivity index (χ4v) is 3.42. The Kier molecular flexibility index (Phi) is 5.30. The average Bonchev–Trinajstić information content (AvgIpc) is 2.97. The number of nitrogens with zero attached hydrogens (tertiary/aromatic N) is 2. The van der Waals surface area contributed by atoms with Gasteiger partial charge in [-0.25, -0.2) is 0 Å². The minimum absolute atomic E-state index is 0.0791. The van der Waals surface area contributed by atoms with E-state index in [9.17, 15) is 4.79 Å². The van der Waals surface area contributed by atoms with E-state index in [0.717, 1.165) is 17.1 Å². The highest BCUT2D eigenvalue weighted by molar-refractivity contribution is 5.90. The van der Waals surface area contributed by atoms with Crippen molar-refractivity contribution in [2.24, 2.45) is 12.8 Å². The van der Waals surface area contributed by atoms with E-state index in [1.165, 1.54) is 32.1 Å². The molecule has 0 saturated heterocycles. The van der Waals surface area contributed by atoms with Crippen LogP contribution in [-0.2, 0) is 11.8 Å². The SMILES string of the molecule is Cn1nc(C2CCCCC2)cc1NC(=O)CC(N)c1ccccc1. The second-order valence-corrected chi connectivity index (χ2v) is 6.68. The molecule has 128 valence electrons. The van der Waals surface area contributed by atoms with Crippen LogP contribution in [-0.4, -0.2) is 15.7 Å². The van der Waals surface area contributed by atoms with Gasteiger partial charge in [0.05, 0.1) is 5.69 Å². The number of hydrogen-bond donors (Lipinski definition) is 2. The summed E-state index contributed by atoms with van der Waals surface area (Å²) in [5, 5.41) is 7.55. The van der Waals surface area contributed by atoms with E-state index in [4.69, 9.17) is 5.73 Å². The van der Waals surface area contributed by atoms with Gasteiger partial charge in [0.15, 0.2) is 0 Å². The van der Waals surface area contributed by atoms with Gasteiger partial charge in [-0.3, -0.25) is 9.48 Å². The van der Waals surface area contributed by atoms with Gasteiger partial charge in [0, 0.05) is 31.5 Å². The molecule has 1 aliphatic carbocycles. The molecule has 1 aromatic carbocycles. The molecule has 1 unspecified atom stereocenters. The molecule has 1 fully saturated rings. The Morgan fingerprint density at radius 3 is 2.71 bits per heavy atom. The summed E-state index contributed by atoms with van der Waals surface area (Å²) in [5.74, 6) is 1.20. The predicted octanol–water partition coefficient (Wildman–Crippen LogP) is 3.50. The normalized spacial score (nSPS) is 16.8. The van der Waals surface area contributed by atoms with Crippen LogP contribution in [0.15, 0.2) is 36.4 Å². The number of aryl methyl sites for hydroxylation is 1. The molecule has 5 nitrogen and oxygen atoms in total. The zero-order valence-corrected chi connectivity index (χ0v) is 14.2. The summed E-state index contributed by atoms with van der Waals surface area (Å²) in [6.07, 6.45) is 6.52. The minimum atomic E-state index is -0.294. The number of aromatic nitrogens is 2. The maximum Gasteiger partial charge on any atom is 0.227 e. The maximum absolute atomic E-state index is 12.3. The van der Waals surface area contributed by atoms with Crippen molar-refractivity contribution in [3.8, 4) is 0 Å². The highest BCUT2D eigenvalue weighted by Gasteiger charge is 2.20. The number of nitrogens with one attached hydrogen (secondary N) is 1. The molecule has 2 aromatic rings. The standard InChI is InChI=1S/C19H26N4O/c1-23-18(13-17(22-23)15-10-6-3-7-11-15)21-19(24)12-16(20)14-8-4-2-5-9-14/h2,4-5,8-9,13,15-16H,3,6-7,10-12,20H2,1H3,(H,21,24). The molecular weight excluding hydrogens is 300 g/mol. The van der Waals surface area contributed by atoms with Crippen LogP contribution in [0.25, 0.3) is 0 Å². The van der Waals surface area contributed by atoms with Crippen LogP contribution in [0.5, 0.6) is 0 Å². The summed E-state index contributed by atoms with van der Waals surface area (Å²) in [7, 11) is 1.87. The Bertz CT molecular complexity index is 674. The molecule has 24 heavy (non-hydrogen) atoms. The molecule has 0 bridgehead atoms. The number of benzene rings is 1. The first kappa shape index (κ1) is 16.7. The van der Waals surface area contributed by atoms with Crippen LogP contribution in [0, 0.1) is 0 Å². The average molecular weight is 326 g/mol. The van der Waals surface area contributed by atoms with Gasteiger partial charge in [-0.05, 0) is 18.4 Å². The lowest BCUT2D eigenvalue weighted by molar-refractivity contribution is -0.116. The van der Waals surface area contributed by atoms with E-state index in [2.05, 4.69) is 10.4 Å². The van der Waals surface area contributed by atoms with Gasteiger partial charge in [0.25, 0.3) is 0 Å². The van der Waals surface area contributed by atoms with Gasteiger partial charge >= 0.3 is 0 Å². The zero-order valence-electron chi connectivity index (χ0n) is 14.2. The summed E-state index contributed by atoms with van der Waals surface area (Å²) in [6, 6.07) is 11.4. The summed E-state index contributed by atoms with van der Waals surface area (Å²) in [5.41, 5.74) is 8.20. The summed E-state index contributed by atoms with van der Waals surface area (Å²) in [6.45, 7) is 0. The molecule has 3 N–H and O–H groups in total. The lowest BCUT2D eigenvalue weighted by Crippen LogP contribution is -2.21. The van der Waals surface area contributed by atoms with E-state index in [-0.39, 0.29) is 18.4 Å². The Hall–Kier alpha value is -2.14. The Morgan fingerprint density at radius 1 is 1.29 bits per heavy atom. The van der Waals surface area contributed by atoms with Crippen molar-refractivity contribution in [1.29, 1.82) is 0 Å². The Labute approximate surface area is 143 Å². The fourth-order valence-electron chi connectivity index (χ4n) is 3.42. The Balaban J connectivity index is 1.61. The Morgan fingerprint density at radius 2 is 2.00 bits per heavy atom. The molecule has 0 spiro atoms. The molecule has 0 radical (unpaired) electrons. The molecule has 1 amide bonds. The first-order valence-corrected chi connectivity index (χ1v) is 8.78. The number of anilines is 1. The summed E-state index contributed by atoms with van der Waals surface area (Å²) >= 11 is 0. The predicted molar refractivity (Wildman–Crippen MR) is 95.7 cm³/mol. The first-order valence-electron chi connectivity index (χ1n) is 8.78. The van der Waals surface area contributed by atoms with Crippen LogP contribution < -0.4 is 11.1 Å². The van der Waals surface area contributed by atoms with Crippen LogP contribution in [0.2, 0.25) is 0 Å². The molecule has 1 aliphatic rings. The highest BCUT2D eigenvalue weighted by atomic mass is 16.1. The first-order chi connectivity index (χ1) is 11.6. The van der Waals surface area contributed by atoms with Gasteiger partial charge in [-0.2, -0.15) is 5.10 Å². The smallest absolute Gasteiger partial charge is 0.227 e. The van der Waals surface area contributed by atoms with Crippen LogP contribution in [0.3, 0.4) is 0 Å². The second-order valence-electron chi connectivity index (χ2n) is 6.68. The zero-order chi connectivity index (χ0) is 16.9. The van der Waals surface area contributed by atoms with Crippen LogP contribution in [0.4, 0.5) is 5.82 Å². The third kappa shape index (κ3) is 4.03. The summed E-state index contributed by atoms with van der Waals surface area (Å²) in [4.78, 5) is 12.3. The van der Waals surface area contributed by atoms with Crippen molar-refractivity contribution in [1.82, 2.24) is 9.78 Å². The van der Waals surface area contributed by atoms with Gasteiger partial charge in [0.1, 0.15) is 5.82 Å². The van der Waals surface area contributed by atoms with Gasteiger partial charge < -0.3 is 11.1 Å². The minimum Gasteiger partial charge on any atom is -0.324 e. The van der Waals surface area contributed by atoms with Crippen molar-refractivity contribution in [3.63, 3.8) is 0 Å². The molecular formula is C19H26N4O. The number of nitrogens with two attached hydrogens (primary N) is 1. The lowest BCUT2D eigenvalue weighted by atomic mass is 9.87. The maximum atomic E-state index is 12.3. The third-order valence-electron chi connectivity index (χ3n) is 4.82. The number of rotatable bonds is 5. The van der Waals surface area contributed by atoms with Crippen molar-refractivity contribution >= 4 is 11.7 Å². The largest absolute Gasteiger partial charge is 0.324 e. The fraction of sp³-hybridized carbons (Fsp3) is 0.474. The van der Waals surface area contributed by atoms with Gasteiger partial charge in [0.2, 0.25) is 5.91 Å². The van der Waals surface area contributed by atoms with Crippen molar-refractivity contribution in [3.05, 3.63) is 47.7 Å². The van der Waals surface area contributed by atoms with Gasteiger partial charge in [-0.15, -0.1) is 0 Å². The lowest BCUT2D eigenvalue weighted by Gasteiger charge is -2.19. The van der Waals surface area contributed by atoms with Crippen LogP contribution in [0.1, 0.15) is 61.7 Å². The van der Waals surface area contributed by atoms with Crippen molar-refractivity contribution in [2.45, 2.75) is 50.5 Å². The van der Waals surface area contributed by atoms with Crippen LogP contribution >= 0.6 is 0 Å². The van der Waals surface area contributed by atoms with Crippen molar-refractivity contribution < 1.29 is 4.79 Å². The quantitative estimate of drug-likeness (QED) is 0.883. The van der Waals surface area contributed by atoms with E-state index in [1.807, 2.05) is 43.4 Å².